The van der Waals surface area contributed by atoms with E-state index in [0.717, 1.165) is 48.2 Å². The number of aryl methyl sites for hydroxylation is 1. The van der Waals surface area contributed by atoms with Crippen LogP contribution < -0.4 is 5.56 Å². The maximum atomic E-state index is 12.9. The number of hydrogen-bond donors (Lipinski definition) is 1. The first-order valence-corrected chi connectivity index (χ1v) is 8.96. The van der Waals surface area contributed by atoms with Crippen molar-refractivity contribution in [1.82, 2.24) is 14.8 Å². The van der Waals surface area contributed by atoms with E-state index in [0.29, 0.717) is 5.78 Å². The second-order valence-corrected chi connectivity index (χ2v) is 8.73. The number of aromatic amines is 1. The molecule has 130 valence electrons. The molecule has 4 fully saturated rings. The van der Waals surface area contributed by atoms with Gasteiger partial charge in [0, 0.05) is 31.7 Å². The lowest BCUT2D eigenvalue weighted by molar-refractivity contribution is -0.197. The van der Waals surface area contributed by atoms with Crippen LogP contribution >= 0.6 is 0 Å². The van der Waals surface area contributed by atoms with Gasteiger partial charge in [-0.15, -0.1) is 0 Å². The summed E-state index contributed by atoms with van der Waals surface area (Å²) in [5, 5.41) is 1.07. The number of rotatable bonds is 1. The fourth-order valence-electron chi connectivity index (χ4n) is 5.58. The van der Waals surface area contributed by atoms with E-state index in [-0.39, 0.29) is 22.6 Å². The molecule has 0 saturated carbocycles. The van der Waals surface area contributed by atoms with Gasteiger partial charge in [-0.25, -0.2) is 0 Å². The monoisotopic (exact) mass is 337 g/mol. The number of ketones is 1. The van der Waals surface area contributed by atoms with Gasteiger partial charge >= 0.3 is 0 Å². The van der Waals surface area contributed by atoms with Gasteiger partial charge in [-0.3, -0.25) is 19.4 Å². The number of para-hydroxylation sites is 1. The number of nitrogens with one attached hydrogen (secondary N) is 1. The molecule has 0 spiro atoms. The standard InChI is InChI=1S/C20H23N3O2/c1-12-5-4-6-13-7-14(16(24)21-15(12)13)17-22-8-19(2)9-23(17)11-20(3,10-22)18(19)25/h4-7,17H,8-11H2,1-3H3,(H,21,24). The number of Topliss-reactive ketones (excluding diaryl/α,β-unsaturated/α-hetero) is 1. The third kappa shape index (κ3) is 1.91. The van der Waals surface area contributed by atoms with Gasteiger partial charge in [0.2, 0.25) is 0 Å². The first-order valence-electron chi connectivity index (χ1n) is 8.96. The molecule has 4 aliphatic heterocycles. The molecule has 0 radical (unpaired) electrons. The lowest BCUT2D eigenvalue weighted by Gasteiger charge is -2.64. The number of aromatic nitrogens is 1. The molecule has 4 bridgehead atoms. The molecule has 1 aromatic carbocycles. The summed E-state index contributed by atoms with van der Waals surface area (Å²) in [6, 6.07) is 8.13. The van der Waals surface area contributed by atoms with Crippen LogP contribution in [0.5, 0.6) is 0 Å². The van der Waals surface area contributed by atoms with Gasteiger partial charge in [-0.1, -0.05) is 32.0 Å². The highest BCUT2D eigenvalue weighted by atomic mass is 16.1. The molecule has 2 aromatic rings. The summed E-state index contributed by atoms with van der Waals surface area (Å²) in [4.78, 5) is 33.4. The maximum absolute atomic E-state index is 12.9. The smallest absolute Gasteiger partial charge is 0.254 e. The van der Waals surface area contributed by atoms with E-state index >= 15 is 0 Å². The van der Waals surface area contributed by atoms with E-state index in [4.69, 9.17) is 0 Å². The average Bonchev–Trinajstić information content (AvgIpc) is 2.53. The molecule has 0 aliphatic carbocycles. The number of carbonyl (C=O) groups is 1. The summed E-state index contributed by atoms with van der Waals surface area (Å²) in [6.45, 7) is 9.15. The molecule has 0 unspecified atom stereocenters. The molecule has 0 amide bonds. The van der Waals surface area contributed by atoms with E-state index in [1.54, 1.807) is 0 Å². The van der Waals surface area contributed by atoms with Gasteiger partial charge in [0.15, 0.2) is 0 Å². The van der Waals surface area contributed by atoms with Crippen LogP contribution in [0.15, 0.2) is 29.1 Å². The number of nitrogens with zero attached hydrogens (tertiary/aromatic N) is 2. The topological polar surface area (TPSA) is 56.4 Å². The van der Waals surface area contributed by atoms with Crippen molar-refractivity contribution in [2.24, 2.45) is 10.8 Å². The van der Waals surface area contributed by atoms with Crippen LogP contribution in [0.3, 0.4) is 0 Å². The van der Waals surface area contributed by atoms with Gasteiger partial charge in [0.25, 0.3) is 5.56 Å². The van der Waals surface area contributed by atoms with Crippen molar-refractivity contribution in [2.45, 2.75) is 26.9 Å². The van der Waals surface area contributed by atoms with Crippen molar-refractivity contribution in [3.8, 4) is 0 Å². The third-order valence-electron chi connectivity index (χ3n) is 6.39. The molecule has 4 aliphatic rings. The van der Waals surface area contributed by atoms with E-state index in [1.807, 2.05) is 25.1 Å². The van der Waals surface area contributed by atoms with Crippen LogP contribution in [0.4, 0.5) is 0 Å². The van der Waals surface area contributed by atoms with Crippen molar-refractivity contribution in [3.05, 3.63) is 45.7 Å². The van der Waals surface area contributed by atoms with Gasteiger partial charge in [-0.05, 0) is 23.9 Å². The lowest BCUT2D eigenvalue weighted by Crippen LogP contribution is -2.75. The third-order valence-corrected chi connectivity index (χ3v) is 6.39. The number of benzene rings is 1. The summed E-state index contributed by atoms with van der Waals surface area (Å²) in [5.41, 5.74) is 2.18. The van der Waals surface area contributed by atoms with Crippen LogP contribution in [0.1, 0.15) is 31.1 Å². The van der Waals surface area contributed by atoms with E-state index in [2.05, 4.69) is 34.7 Å². The SMILES string of the molecule is Cc1cccc2cc(C3N4CC5(C)CN3CC(C)(C4)C5=O)c(=O)[nH]c12. The molecule has 1 aromatic heterocycles. The number of fused-ring (bicyclic) bond motifs is 1. The Kier molecular flexibility index (Phi) is 2.81. The lowest BCUT2D eigenvalue weighted by atomic mass is 9.62. The van der Waals surface area contributed by atoms with Crippen molar-refractivity contribution in [2.75, 3.05) is 26.2 Å². The molecular formula is C20H23N3O2. The first-order chi connectivity index (χ1) is 11.8. The Balaban J connectivity index is 1.64. The molecule has 5 nitrogen and oxygen atoms in total. The Morgan fingerprint density at radius 1 is 1.04 bits per heavy atom. The first kappa shape index (κ1) is 15.3. The summed E-state index contributed by atoms with van der Waals surface area (Å²) in [5.74, 6) is 0.397. The number of piperidine rings is 2. The average molecular weight is 337 g/mol. The molecule has 5 heterocycles. The normalized spacial score (nSPS) is 39.3. The molecule has 4 saturated heterocycles. The fourth-order valence-corrected chi connectivity index (χ4v) is 5.58. The van der Waals surface area contributed by atoms with Gasteiger partial charge < -0.3 is 4.98 Å². The summed E-state index contributed by atoms with van der Waals surface area (Å²) < 4.78 is 0. The second kappa shape index (κ2) is 4.59. The molecule has 1 N–H and O–H groups in total. The minimum atomic E-state index is -0.304. The number of carbonyl (C=O) groups excluding carboxylic acids is 1. The molecule has 0 atom stereocenters. The summed E-state index contributed by atoms with van der Waals surface area (Å²) in [6.07, 6.45) is -0.0251. The molecule has 25 heavy (non-hydrogen) atoms. The van der Waals surface area contributed by atoms with Crippen LogP contribution in [-0.2, 0) is 4.79 Å². The van der Waals surface area contributed by atoms with Gasteiger partial charge in [0.05, 0.1) is 22.5 Å². The Hall–Kier alpha value is -1.98. The zero-order valence-electron chi connectivity index (χ0n) is 14.9. The minimum absolute atomic E-state index is 0.0130. The van der Waals surface area contributed by atoms with Crippen LogP contribution in [-0.4, -0.2) is 46.7 Å². The second-order valence-electron chi connectivity index (χ2n) is 8.73. The number of H-pyrrole nitrogens is 1. The quantitative estimate of drug-likeness (QED) is 0.865. The zero-order chi connectivity index (χ0) is 17.6. The fraction of sp³-hybridized carbons (Fsp3) is 0.500. The van der Waals surface area contributed by atoms with E-state index in [1.165, 1.54) is 0 Å². The highest BCUT2D eigenvalue weighted by Crippen LogP contribution is 2.51. The van der Waals surface area contributed by atoms with E-state index < -0.39 is 0 Å². The largest absolute Gasteiger partial charge is 0.321 e. The van der Waals surface area contributed by atoms with Gasteiger partial charge in [-0.2, -0.15) is 0 Å². The van der Waals surface area contributed by atoms with Crippen LogP contribution in [0.25, 0.3) is 10.9 Å². The van der Waals surface area contributed by atoms with Crippen molar-refractivity contribution in [1.29, 1.82) is 0 Å². The minimum Gasteiger partial charge on any atom is -0.321 e. The van der Waals surface area contributed by atoms with Crippen molar-refractivity contribution < 1.29 is 4.79 Å². The highest BCUT2D eigenvalue weighted by molar-refractivity contribution is 5.92. The Morgan fingerprint density at radius 2 is 1.64 bits per heavy atom. The van der Waals surface area contributed by atoms with E-state index in [9.17, 15) is 9.59 Å². The zero-order valence-corrected chi connectivity index (χ0v) is 14.9. The summed E-state index contributed by atoms with van der Waals surface area (Å²) >= 11 is 0. The van der Waals surface area contributed by atoms with Crippen LogP contribution in [0, 0.1) is 17.8 Å². The number of hydrogen-bond acceptors (Lipinski definition) is 4. The number of pyridine rings is 1. The van der Waals surface area contributed by atoms with Crippen molar-refractivity contribution >= 4 is 16.7 Å². The highest BCUT2D eigenvalue weighted by Gasteiger charge is 2.62. The molecular weight excluding hydrogens is 314 g/mol. The molecule has 6 rings (SSSR count). The van der Waals surface area contributed by atoms with Gasteiger partial charge in [0.1, 0.15) is 5.78 Å². The molecule has 5 heteroatoms. The maximum Gasteiger partial charge on any atom is 0.254 e. The predicted molar refractivity (Wildman–Crippen MR) is 96.4 cm³/mol. The predicted octanol–water partition coefficient (Wildman–Crippen LogP) is 2.06. The Bertz CT molecular complexity index is 937. The van der Waals surface area contributed by atoms with Crippen molar-refractivity contribution in [3.63, 3.8) is 0 Å². The summed E-state index contributed by atoms with van der Waals surface area (Å²) in [7, 11) is 0. The Morgan fingerprint density at radius 3 is 2.24 bits per heavy atom. The Labute approximate surface area is 146 Å². The van der Waals surface area contributed by atoms with Crippen LogP contribution in [0.2, 0.25) is 0 Å².